The molecule has 2 heterocycles. The molecule has 2 aromatic rings. The second-order valence-electron chi connectivity index (χ2n) is 6.59. The molecule has 0 bridgehead atoms. The number of hydrogen-bond acceptors (Lipinski definition) is 6. The van der Waals surface area contributed by atoms with E-state index in [4.69, 9.17) is 4.74 Å². The minimum Gasteiger partial charge on any atom is -0.505 e. The van der Waals surface area contributed by atoms with Gasteiger partial charge in [0.05, 0.1) is 19.0 Å². The van der Waals surface area contributed by atoms with E-state index in [1.54, 1.807) is 0 Å². The SMILES string of the molecule is CC[C@@H]1CN(CC(O)c2ncc(O)cn2)C[C@@H]1COc1ccccc1. The maximum Gasteiger partial charge on any atom is 0.158 e. The third-order valence-electron chi connectivity index (χ3n) is 4.77. The lowest BCUT2D eigenvalue weighted by Gasteiger charge is -2.19. The Bertz CT molecular complexity index is 651. The molecule has 0 amide bonds. The van der Waals surface area contributed by atoms with Gasteiger partial charge in [-0.2, -0.15) is 0 Å². The highest BCUT2D eigenvalue weighted by atomic mass is 16.5. The number of aromatic nitrogens is 2. The number of likely N-dealkylation sites (tertiary alicyclic amines) is 1. The van der Waals surface area contributed by atoms with Crippen molar-refractivity contribution in [3.05, 3.63) is 48.5 Å². The van der Waals surface area contributed by atoms with E-state index in [1.807, 2.05) is 30.3 Å². The Balaban J connectivity index is 1.54. The fourth-order valence-electron chi connectivity index (χ4n) is 3.39. The van der Waals surface area contributed by atoms with Crippen LogP contribution in [0.5, 0.6) is 11.5 Å². The monoisotopic (exact) mass is 343 g/mol. The Labute approximate surface area is 148 Å². The van der Waals surface area contributed by atoms with E-state index >= 15 is 0 Å². The smallest absolute Gasteiger partial charge is 0.158 e. The van der Waals surface area contributed by atoms with Crippen LogP contribution in [0.25, 0.3) is 0 Å². The van der Waals surface area contributed by atoms with Crippen molar-refractivity contribution in [3.8, 4) is 11.5 Å². The first-order valence-corrected chi connectivity index (χ1v) is 8.75. The zero-order valence-corrected chi connectivity index (χ0v) is 14.5. The largest absolute Gasteiger partial charge is 0.505 e. The number of aliphatic hydroxyl groups excluding tert-OH is 1. The first-order valence-electron chi connectivity index (χ1n) is 8.75. The molecule has 134 valence electrons. The van der Waals surface area contributed by atoms with E-state index in [9.17, 15) is 10.2 Å². The topological polar surface area (TPSA) is 78.7 Å². The van der Waals surface area contributed by atoms with Crippen molar-refractivity contribution in [2.45, 2.75) is 19.4 Å². The summed E-state index contributed by atoms with van der Waals surface area (Å²) in [7, 11) is 0. The summed E-state index contributed by atoms with van der Waals surface area (Å²) in [6.45, 7) is 5.20. The second kappa shape index (κ2) is 8.27. The van der Waals surface area contributed by atoms with Crippen LogP contribution in [0.3, 0.4) is 0 Å². The maximum absolute atomic E-state index is 10.3. The van der Waals surface area contributed by atoms with Gasteiger partial charge in [-0.1, -0.05) is 31.5 Å². The fraction of sp³-hybridized carbons (Fsp3) is 0.474. The quantitative estimate of drug-likeness (QED) is 0.803. The molecular weight excluding hydrogens is 318 g/mol. The number of nitrogens with zero attached hydrogens (tertiary/aromatic N) is 3. The number of benzene rings is 1. The molecule has 1 fully saturated rings. The lowest BCUT2D eigenvalue weighted by molar-refractivity contribution is 0.114. The van der Waals surface area contributed by atoms with Crippen molar-refractivity contribution in [1.29, 1.82) is 0 Å². The summed E-state index contributed by atoms with van der Waals surface area (Å²) in [4.78, 5) is 10.2. The Hall–Kier alpha value is -2.18. The first-order chi connectivity index (χ1) is 12.2. The van der Waals surface area contributed by atoms with Gasteiger partial charge in [0.1, 0.15) is 11.9 Å². The fourth-order valence-corrected chi connectivity index (χ4v) is 3.39. The van der Waals surface area contributed by atoms with Gasteiger partial charge in [0.25, 0.3) is 0 Å². The van der Waals surface area contributed by atoms with Crippen LogP contribution in [0.4, 0.5) is 0 Å². The normalized spacial score (nSPS) is 22.0. The van der Waals surface area contributed by atoms with Crippen molar-refractivity contribution in [3.63, 3.8) is 0 Å². The van der Waals surface area contributed by atoms with Crippen LogP contribution in [0.2, 0.25) is 0 Å². The molecule has 6 heteroatoms. The van der Waals surface area contributed by atoms with E-state index in [2.05, 4.69) is 21.8 Å². The molecule has 1 aliphatic heterocycles. The molecule has 1 aromatic carbocycles. The molecule has 0 saturated carbocycles. The van der Waals surface area contributed by atoms with E-state index < -0.39 is 6.10 Å². The van der Waals surface area contributed by atoms with Gasteiger partial charge in [-0.25, -0.2) is 9.97 Å². The third kappa shape index (κ3) is 4.67. The number of aliphatic hydroxyl groups is 1. The summed E-state index contributed by atoms with van der Waals surface area (Å²) in [5.74, 6) is 2.24. The summed E-state index contributed by atoms with van der Waals surface area (Å²) in [5, 5.41) is 19.6. The molecule has 2 N–H and O–H groups in total. The van der Waals surface area contributed by atoms with Gasteiger partial charge in [0.2, 0.25) is 0 Å². The molecule has 1 unspecified atom stereocenters. The molecule has 1 saturated heterocycles. The number of rotatable bonds is 7. The van der Waals surface area contributed by atoms with E-state index in [0.29, 0.717) is 30.8 Å². The van der Waals surface area contributed by atoms with Gasteiger partial charge in [0, 0.05) is 25.6 Å². The number of aromatic hydroxyl groups is 1. The minimum atomic E-state index is -0.758. The molecule has 0 aliphatic carbocycles. The van der Waals surface area contributed by atoms with Crippen LogP contribution >= 0.6 is 0 Å². The van der Waals surface area contributed by atoms with Gasteiger partial charge in [-0.05, 0) is 18.1 Å². The number of ether oxygens (including phenoxy) is 1. The van der Waals surface area contributed by atoms with Gasteiger partial charge in [-0.15, -0.1) is 0 Å². The second-order valence-corrected chi connectivity index (χ2v) is 6.59. The lowest BCUT2D eigenvalue weighted by Crippen LogP contribution is -2.28. The summed E-state index contributed by atoms with van der Waals surface area (Å²) in [6.07, 6.45) is 2.94. The third-order valence-corrected chi connectivity index (χ3v) is 4.77. The first kappa shape index (κ1) is 17.6. The van der Waals surface area contributed by atoms with E-state index in [1.165, 1.54) is 12.4 Å². The van der Waals surface area contributed by atoms with Gasteiger partial charge in [0.15, 0.2) is 11.6 Å². The molecule has 0 spiro atoms. The molecule has 3 atom stereocenters. The highest BCUT2D eigenvalue weighted by molar-refractivity contribution is 5.21. The average Bonchev–Trinajstić information content (AvgIpc) is 3.03. The number of hydrogen-bond donors (Lipinski definition) is 2. The van der Waals surface area contributed by atoms with Crippen molar-refractivity contribution in [2.75, 3.05) is 26.2 Å². The van der Waals surface area contributed by atoms with Crippen LogP contribution in [0.1, 0.15) is 25.3 Å². The molecular formula is C19H25N3O3. The highest BCUT2D eigenvalue weighted by Crippen LogP contribution is 2.28. The van der Waals surface area contributed by atoms with Crippen LogP contribution in [-0.2, 0) is 0 Å². The minimum absolute atomic E-state index is 0.00120. The van der Waals surface area contributed by atoms with Crippen molar-refractivity contribution in [2.24, 2.45) is 11.8 Å². The predicted molar refractivity (Wildman–Crippen MR) is 94.3 cm³/mol. The Morgan fingerprint density at radius 1 is 1.16 bits per heavy atom. The Morgan fingerprint density at radius 2 is 1.84 bits per heavy atom. The number of β-amino-alcohol motifs (C(OH)–C–C–N with tert-alkyl or cyclic N) is 1. The van der Waals surface area contributed by atoms with Crippen molar-refractivity contribution >= 4 is 0 Å². The maximum atomic E-state index is 10.3. The van der Waals surface area contributed by atoms with E-state index in [0.717, 1.165) is 25.3 Å². The zero-order chi connectivity index (χ0) is 17.6. The lowest BCUT2D eigenvalue weighted by atomic mass is 9.94. The molecule has 3 rings (SSSR count). The molecule has 25 heavy (non-hydrogen) atoms. The average molecular weight is 343 g/mol. The Kier molecular flexibility index (Phi) is 5.83. The van der Waals surface area contributed by atoms with Crippen LogP contribution in [0, 0.1) is 11.8 Å². The van der Waals surface area contributed by atoms with Gasteiger partial charge in [-0.3, -0.25) is 4.90 Å². The van der Waals surface area contributed by atoms with Gasteiger partial charge < -0.3 is 14.9 Å². The standard InChI is InChI=1S/C19H25N3O3/c1-2-14-10-22(12-18(24)19-20-8-16(23)9-21-19)11-15(14)13-25-17-6-4-3-5-7-17/h3-9,14-15,18,23-24H,2,10-13H2,1H3/t14-,15-,18?/m1/s1. The van der Waals surface area contributed by atoms with Crippen LogP contribution < -0.4 is 4.74 Å². The zero-order valence-electron chi connectivity index (χ0n) is 14.5. The van der Waals surface area contributed by atoms with Crippen molar-refractivity contribution < 1.29 is 14.9 Å². The van der Waals surface area contributed by atoms with E-state index in [-0.39, 0.29) is 5.75 Å². The molecule has 1 aromatic heterocycles. The van der Waals surface area contributed by atoms with Crippen molar-refractivity contribution in [1.82, 2.24) is 14.9 Å². The highest BCUT2D eigenvalue weighted by Gasteiger charge is 2.33. The summed E-state index contributed by atoms with van der Waals surface area (Å²) >= 11 is 0. The molecule has 0 radical (unpaired) electrons. The summed E-state index contributed by atoms with van der Waals surface area (Å²) in [5.41, 5.74) is 0. The summed E-state index contributed by atoms with van der Waals surface area (Å²) < 4.78 is 5.93. The number of para-hydroxylation sites is 1. The Morgan fingerprint density at radius 3 is 2.52 bits per heavy atom. The summed E-state index contributed by atoms with van der Waals surface area (Å²) in [6, 6.07) is 9.87. The van der Waals surface area contributed by atoms with Gasteiger partial charge >= 0.3 is 0 Å². The van der Waals surface area contributed by atoms with Crippen LogP contribution in [0.15, 0.2) is 42.7 Å². The van der Waals surface area contributed by atoms with Crippen LogP contribution in [-0.4, -0.2) is 51.3 Å². The predicted octanol–water partition coefficient (Wildman–Crippen LogP) is 2.25. The molecule has 1 aliphatic rings. The molecule has 6 nitrogen and oxygen atoms in total.